The van der Waals surface area contributed by atoms with Gasteiger partial charge in [0, 0.05) is 36.1 Å². The number of anilines is 2. The molecule has 0 radical (unpaired) electrons. The van der Waals surface area contributed by atoms with Crippen molar-refractivity contribution in [3.8, 4) is 0 Å². The maximum Gasteiger partial charge on any atom is 0.342 e. The van der Waals surface area contributed by atoms with E-state index in [1.807, 2.05) is 35.7 Å². The Hall–Kier alpha value is -3.00. The fourth-order valence-corrected chi connectivity index (χ4v) is 5.72. The van der Waals surface area contributed by atoms with Gasteiger partial charge in [-0.25, -0.2) is 14.8 Å². The van der Waals surface area contributed by atoms with Crippen LogP contribution in [0.2, 0.25) is 0 Å². The number of thiazole rings is 1. The first-order valence-corrected chi connectivity index (χ1v) is 13.1. The zero-order valence-corrected chi connectivity index (χ0v) is 20.3. The summed E-state index contributed by atoms with van der Waals surface area (Å²) in [6.45, 7) is 3.38. The third kappa shape index (κ3) is 4.64. The molecule has 3 heterocycles. The topological polar surface area (TPSA) is 75.6 Å². The lowest BCUT2D eigenvalue weighted by molar-refractivity contribution is -0.127. The van der Waals surface area contributed by atoms with Crippen LogP contribution in [0.1, 0.15) is 62.2 Å². The Morgan fingerprint density at radius 1 is 1.12 bits per heavy atom. The van der Waals surface area contributed by atoms with Crippen LogP contribution in [-0.2, 0) is 9.53 Å². The Morgan fingerprint density at radius 3 is 2.62 bits per heavy atom. The number of aromatic nitrogens is 2. The standard InChI is InChI=1S/C26H30N4O3S/c1-18(24(31)30(26-27-13-16-34-26)20-10-3-2-4-11-20)33-25(32)21-17-19-9-5-6-12-22(19)28-23(21)29-14-7-8-15-29/h5-6,9,12-13,16-18,20H,2-4,7-8,10-11,14-15H2,1H3. The van der Waals surface area contributed by atoms with E-state index in [0.717, 1.165) is 62.5 Å². The first-order chi connectivity index (χ1) is 16.6. The molecule has 1 aromatic carbocycles. The highest BCUT2D eigenvalue weighted by atomic mass is 32.1. The molecule has 1 atom stereocenters. The van der Waals surface area contributed by atoms with E-state index in [2.05, 4.69) is 9.88 Å². The lowest BCUT2D eigenvalue weighted by Crippen LogP contribution is -2.47. The molecule has 1 aliphatic heterocycles. The first-order valence-electron chi connectivity index (χ1n) is 12.2. The van der Waals surface area contributed by atoms with Crippen molar-refractivity contribution in [3.05, 3.63) is 47.5 Å². The summed E-state index contributed by atoms with van der Waals surface area (Å²) in [5, 5.41) is 3.42. The summed E-state index contributed by atoms with van der Waals surface area (Å²) >= 11 is 1.44. The van der Waals surface area contributed by atoms with Crippen LogP contribution in [0, 0.1) is 0 Å². The van der Waals surface area contributed by atoms with Crippen LogP contribution in [0.4, 0.5) is 10.9 Å². The van der Waals surface area contributed by atoms with Crippen molar-refractivity contribution in [1.29, 1.82) is 0 Å². The molecule has 7 nitrogen and oxygen atoms in total. The molecule has 34 heavy (non-hydrogen) atoms. The third-order valence-corrected chi connectivity index (χ3v) is 7.53. The predicted molar refractivity (Wildman–Crippen MR) is 135 cm³/mol. The van der Waals surface area contributed by atoms with Crippen molar-refractivity contribution in [1.82, 2.24) is 9.97 Å². The van der Waals surface area contributed by atoms with E-state index in [-0.39, 0.29) is 11.9 Å². The third-order valence-electron chi connectivity index (χ3n) is 6.76. The number of nitrogens with zero attached hydrogens (tertiary/aromatic N) is 4. The molecule has 0 spiro atoms. The zero-order valence-electron chi connectivity index (χ0n) is 19.5. The van der Waals surface area contributed by atoms with Crippen LogP contribution in [0.25, 0.3) is 10.9 Å². The highest BCUT2D eigenvalue weighted by Crippen LogP contribution is 2.31. The average Bonchev–Trinajstić information content (AvgIpc) is 3.59. The van der Waals surface area contributed by atoms with Crippen LogP contribution in [0.5, 0.6) is 0 Å². The number of ether oxygens (including phenoxy) is 1. The number of rotatable bonds is 6. The van der Waals surface area contributed by atoms with Crippen LogP contribution in [-0.4, -0.2) is 47.1 Å². The van der Waals surface area contributed by atoms with Gasteiger partial charge in [0.05, 0.1) is 5.52 Å². The molecule has 1 unspecified atom stereocenters. The number of benzene rings is 1. The monoisotopic (exact) mass is 478 g/mol. The van der Waals surface area contributed by atoms with E-state index >= 15 is 0 Å². The predicted octanol–water partition coefficient (Wildman–Crippen LogP) is 5.20. The molecule has 8 heteroatoms. The second kappa shape index (κ2) is 10.1. The molecule has 2 aliphatic rings. The van der Waals surface area contributed by atoms with Gasteiger partial charge < -0.3 is 9.64 Å². The molecule has 3 aromatic rings. The molecule has 178 valence electrons. The van der Waals surface area contributed by atoms with Gasteiger partial charge in [-0.3, -0.25) is 9.69 Å². The Bertz CT molecular complexity index is 1150. The Balaban J connectivity index is 1.40. The van der Waals surface area contributed by atoms with E-state index in [4.69, 9.17) is 9.72 Å². The molecule has 1 amide bonds. The maximum absolute atomic E-state index is 13.6. The van der Waals surface area contributed by atoms with Gasteiger partial charge in [0.15, 0.2) is 11.2 Å². The van der Waals surface area contributed by atoms with E-state index in [0.29, 0.717) is 16.5 Å². The Labute approximate surface area is 203 Å². The van der Waals surface area contributed by atoms with Gasteiger partial charge in [-0.15, -0.1) is 11.3 Å². The van der Waals surface area contributed by atoms with Crippen LogP contribution in [0.3, 0.4) is 0 Å². The number of amides is 1. The highest BCUT2D eigenvalue weighted by Gasteiger charge is 2.34. The molecule has 2 aromatic heterocycles. The maximum atomic E-state index is 13.6. The fourth-order valence-electron chi connectivity index (χ4n) is 5.00. The van der Waals surface area contributed by atoms with Crippen molar-refractivity contribution in [2.24, 2.45) is 0 Å². The van der Waals surface area contributed by atoms with E-state index in [1.54, 1.807) is 18.0 Å². The quantitative estimate of drug-likeness (QED) is 0.453. The summed E-state index contributed by atoms with van der Waals surface area (Å²) in [5.41, 5.74) is 1.26. The molecular formula is C26H30N4O3S. The number of fused-ring (bicyclic) bond motifs is 1. The van der Waals surface area contributed by atoms with Gasteiger partial charge >= 0.3 is 5.97 Å². The fraction of sp³-hybridized carbons (Fsp3) is 0.462. The van der Waals surface area contributed by atoms with Gasteiger partial charge in [-0.2, -0.15) is 0 Å². The normalized spacial score (nSPS) is 17.6. The zero-order chi connectivity index (χ0) is 23.5. The molecule has 0 bridgehead atoms. The minimum Gasteiger partial charge on any atom is -0.449 e. The Morgan fingerprint density at radius 2 is 1.88 bits per heavy atom. The number of hydrogen-bond donors (Lipinski definition) is 0. The minimum atomic E-state index is -0.920. The van der Waals surface area contributed by atoms with Gasteiger partial charge in [0.1, 0.15) is 11.4 Å². The summed E-state index contributed by atoms with van der Waals surface area (Å²) in [4.78, 5) is 40.0. The summed E-state index contributed by atoms with van der Waals surface area (Å²) < 4.78 is 5.80. The molecular weight excluding hydrogens is 448 g/mol. The lowest BCUT2D eigenvalue weighted by atomic mass is 9.94. The molecule has 0 N–H and O–H groups in total. The van der Waals surface area contributed by atoms with Crippen LogP contribution >= 0.6 is 11.3 Å². The number of carbonyl (C=O) groups is 2. The second-order valence-corrected chi connectivity index (χ2v) is 9.98. The lowest BCUT2D eigenvalue weighted by Gasteiger charge is -2.34. The number of para-hydroxylation sites is 1. The van der Waals surface area contributed by atoms with E-state index < -0.39 is 12.1 Å². The highest BCUT2D eigenvalue weighted by molar-refractivity contribution is 7.13. The van der Waals surface area contributed by atoms with E-state index in [9.17, 15) is 9.59 Å². The number of carbonyl (C=O) groups excluding carboxylic acids is 2. The van der Waals surface area contributed by atoms with Crippen molar-refractivity contribution in [3.63, 3.8) is 0 Å². The second-order valence-electron chi connectivity index (χ2n) is 9.11. The smallest absolute Gasteiger partial charge is 0.342 e. The molecule has 1 saturated heterocycles. The van der Waals surface area contributed by atoms with Gasteiger partial charge in [0.2, 0.25) is 0 Å². The largest absolute Gasteiger partial charge is 0.449 e. The van der Waals surface area contributed by atoms with E-state index in [1.165, 1.54) is 17.8 Å². The molecule has 2 fully saturated rings. The Kier molecular flexibility index (Phi) is 6.76. The number of hydrogen-bond acceptors (Lipinski definition) is 7. The summed E-state index contributed by atoms with van der Waals surface area (Å²) in [6, 6.07) is 9.70. The van der Waals surface area contributed by atoms with Gasteiger partial charge in [0.25, 0.3) is 5.91 Å². The first kappa shape index (κ1) is 22.8. The van der Waals surface area contributed by atoms with Crippen molar-refractivity contribution in [2.45, 2.75) is 64.0 Å². The minimum absolute atomic E-state index is 0.0936. The summed E-state index contributed by atoms with van der Waals surface area (Å²) in [5.74, 6) is -0.0830. The SMILES string of the molecule is CC(OC(=O)c1cc2ccccc2nc1N1CCCC1)C(=O)N(c1nccs1)C1CCCCC1. The summed E-state index contributed by atoms with van der Waals surface area (Å²) in [7, 11) is 0. The number of pyridine rings is 1. The van der Waals surface area contributed by atoms with Gasteiger partial charge in [-0.1, -0.05) is 37.5 Å². The molecule has 1 aliphatic carbocycles. The number of esters is 1. The van der Waals surface area contributed by atoms with Crippen LogP contribution < -0.4 is 9.80 Å². The van der Waals surface area contributed by atoms with Crippen molar-refractivity contribution >= 4 is 45.1 Å². The summed E-state index contributed by atoms with van der Waals surface area (Å²) in [6.07, 6.45) is 8.20. The van der Waals surface area contributed by atoms with Crippen molar-refractivity contribution in [2.75, 3.05) is 22.9 Å². The van der Waals surface area contributed by atoms with Crippen molar-refractivity contribution < 1.29 is 14.3 Å². The van der Waals surface area contributed by atoms with Crippen LogP contribution in [0.15, 0.2) is 41.9 Å². The molecule has 1 saturated carbocycles. The van der Waals surface area contributed by atoms with Gasteiger partial charge in [-0.05, 0) is 44.7 Å². The average molecular weight is 479 g/mol. The molecule has 5 rings (SSSR count).